The normalized spacial score (nSPS) is 12.0. The summed E-state index contributed by atoms with van der Waals surface area (Å²) in [5, 5.41) is -0.226. The Morgan fingerprint density at radius 1 is 1.27 bits per heavy atom. The Kier molecular flexibility index (Phi) is 4.75. The number of ether oxygens (including phenoxy) is 1. The van der Waals surface area contributed by atoms with Crippen LogP contribution in [-0.2, 0) is 10.0 Å². The molecule has 1 aromatic carbocycles. The zero-order chi connectivity index (χ0) is 16.7. The number of methoxy groups -OCH3 is 1. The van der Waals surface area contributed by atoms with E-state index in [1.165, 1.54) is 7.11 Å². The molecule has 0 saturated heterocycles. The average molecular weight is 363 g/mol. The van der Waals surface area contributed by atoms with Crippen LogP contribution in [0, 0.1) is 6.92 Å². The first-order valence-electron chi connectivity index (χ1n) is 6.52. The van der Waals surface area contributed by atoms with E-state index >= 15 is 0 Å². The van der Waals surface area contributed by atoms with Gasteiger partial charge in [-0.05, 0) is 36.1 Å². The van der Waals surface area contributed by atoms with Gasteiger partial charge in [0, 0.05) is 0 Å². The number of aromatic nitrogens is 2. The van der Waals surface area contributed by atoms with Gasteiger partial charge in [-0.3, -0.25) is 0 Å². The van der Waals surface area contributed by atoms with E-state index in [2.05, 4.69) is 4.98 Å². The maximum absolute atomic E-state index is 12.8. The van der Waals surface area contributed by atoms with Crippen molar-refractivity contribution in [3.8, 4) is 5.75 Å². The Hall–Kier alpha value is -1.24. The second-order valence-electron chi connectivity index (χ2n) is 5.14. The summed E-state index contributed by atoms with van der Waals surface area (Å²) in [6.45, 7) is 5.90. The molecule has 8 heteroatoms. The van der Waals surface area contributed by atoms with Crippen LogP contribution in [-0.4, -0.2) is 24.5 Å². The molecule has 22 heavy (non-hydrogen) atoms. The summed E-state index contributed by atoms with van der Waals surface area (Å²) in [6, 6.07) is 3.31. The highest BCUT2D eigenvalue weighted by atomic mass is 35.5. The van der Waals surface area contributed by atoms with Crippen molar-refractivity contribution < 1.29 is 13.2 Å². The molecule has 0 radical (unpaired) electrons. The van der Waals surface area contributed by atoms with E-state index in [1.54, 1.807) is 12.1 Å². The molecule has 0 aliphatic rings. The van der Waals surface area contributed by atoms with Gasteiger partial charge in [0.05, 0.1) is 7.11 Å². The van der Waals surface area contributed by atoms with Gasteiger partial charge in [-0.15, -0.1) is 0 Å². The molecule has 0 unspecified atom stereocenters. The molecule has 0 N–H and O–H groups in total. The third kappa shape index (κ3) is 2.83. The minimum absolute atomic E-state index is 0.0280. The number of rotatable bonds is 4. The quantitative estimate of drug-likeness (QED) is 0.827. The number of aryl methyl sites for hydroxylation is 1. The second-order valence-corrected chi connectivity index (χ2v) is 7.64. The van der Waals surface area contributed by atoms with E-state index in [1.807, 2.05) is 20.8 Å². The molecule has 0 spiro atoms. The van der Waals surface area contributed by atoms with Crippen molar-refractivity contribution in [1.82, 2.24) is 8.96 Å². The number of hydrogen-bond donors (Lipinski definition) is 0. The molecule has 0 atom stereocenters. The standard InChI is InChI=1S/C14H16Cl2N2O3S/c1-8(2)10-6-12(11(21-4)5-9(10)3)22(19,20)18-7-17-13(15)14(18)16/h5-8H,1-4H3. The van der Waals surface area contributed by atoms with Crippen LogP contribution in [0.3, 0.4) is 0 Å². The van der Waals surface area contributed by atoms with E-state index in [0.29, 0.717) is 0 Å². The van der Waals surface area contributed by atoms with Crippen LogP contribution >= 0.6 is 23.2 Å². The molecule has 0 amide bonds. The van der Waals surface area contributed by atoms with Crippen molar-refractivity contribution in [3.05, 3.63) is 39.9 Å². The van der Waals surface area contributed by atoms with Crippen LogP contribution in [0.15, 0.2) is 23.4 Å². The van der Waals surface area contributed by atoms with E-state index in [9.17, 15) is 8.42 Å². The Morgan fingerprint density at radius 3 is 2.36 bits per heavy atom. The fourth-order valence-electron chi connectivity index (χ4n) is 2.23. The number of benzene rings is 1. The second kappa shape index (κ2) is 6.10. The number of halogens is 2. The van der Waals surface area contributed by atoms with Gasteiger partial charge in [-0.2, -0.15) is 0 Å². The van der Waals surface area contributed by atoms with Crippen molar-refractivity contribution >= 4 is 33.2 Å². The zero-order valence-electron chi connectivity index (χ0n) is 12.6. The molecule has 2 aromatic rings. The summed E-state index contributed by atoms with van der Waals surface area (Å²) in [5.41, 5.74) is 1.88. The van der Waals surface area contributed by atoms with Gasteiger partial charge in [0.15, 0.2) is 10.3 Å². The van der Waals surface area contributed by atoms with Gasteiger partial charge >= 0.3 is 0 Å². The van der Waals surface area contributed by atoms with Crippen molar-refractivity contribution in [2.45, 2.75) is 31.6 Å². The molecule has 0 bridgehead atoms. The van der Waals surface area contributed by atoms with Gasteiger partial charge in [0.25, 0.3) is 10.0 Å². The molecule has 120 valence electrons. The SMILES string of the molecule is COc1cc(C)c(C(C)C)cc1S(=O)(=O)n1cnc(Cl)c1Cl. The third-order valence-electron chi connectivity index (χ3n) is 3.35. The van der Waals surface area contributed by atoms with Crippen LogP contribution in [0.1, 0.15) is 30.9 Å². The molecular weight excluding hydrogens is 347 g/mol. The molecule has 1 heterocycles. The summed E-state index contributed by atoms with van der Waals surface area (Å²) in [4.78, 5) is 3.74. The lowest BCUT2D eigenvalue weighted by molar-refractivity contribution is 0.401. The summed E-state index contributed by atoms with van der Waals surface area (Å²) in [5.74, 6) is 0.421. The summed E-state index contributed by atoms with van der Waals surface area (Å²) in [7, 11) is -2.53. The lowest BCUT2D eigenvalue weighted by Gasteiger charge is -2.16. The third-order valence-corrected chi connectivity index (χ3v) is 5.86. The van der Waals surface area contributed by atoms with Gasteiger partial charge in [-0.1, -0.05) is 37.0 Å². The Bertz CT molecular complexity index is 814. The van der Waals surface area contributed by atoms with Crippen molar-refractivity contribution in [3.63, 3.8) is 0 Å². The maximum Gasteiger partial charge on any atom is 0.273 e. The van der Waals surface area contributed by atoms with E-state index in [0.717, 1.165) is 21.4 Å². The van der Waals surface area contributed by atoms with Crippen LogP contribution in [0.5, 0.6) is 5.75 Å². The topological polar surface area (TPSA) is 61.2 Å². The minimum Gasteiger partial charge on any atom is -0.495 e. The largest absolute Gasteiger partial charge is 0.495 e. The van der Waals surface area contributed by atoms with Gasteiger partial charge in [0.1, 0.15) is 17.0 Å². The number of hydrogen-bond acceptors (Lipinski definition) is 4. The highest BCUT2D eigenvalue weighted by Gasteiger charge is 2.27. The maximum atomic E-state index is 12.8. The average Bonchev–Trinajstić information content (AvgIpc) is 2.78. The predicted octanol–water partition coefficient (Wildman–Crippen LogP) is 3.87. The Labute approximate surface area is 139 Å². The predicted molar refractivity (Wildman–Crippen MR) is 86.7 cm³/mol. The first-order valence-corrected chi connectivity index (χ1v) is 8.72. The highest BCUT2D eigenvalue weighted by molar-refractivity contribution is 7.90. The van der Waals surface area contributed by atoms with Gasteiger partial charge < -0.3 is 4.74 Å². The van der Waals surface area contributed by atoms with Crippen LogP contribution < -0.4 is 4.74 Å². The first-order chi connectivity index (χ1) is 10.2. The molecular formula is C14H16Cl2N2O3S. The fourth-order valence-corrected chi connectivity index (χ4v) is 4.13. The van der Waals surface area contributed by atoms with Crippen LogP contribution in [0.2, 0.25) is 10.3 Å². The molecule has 2 rings (SSSR count). The monoisotopic (exact) mass is 362 g/mol. The lowest BCUT2D eigenvalue weighted by atomic mass is 9.98. The van der Waals surface area contributed by atoms with Crippen LogP contribution in [0.25, 0.3) is 0 Å². The molecule has 0 aliphatic heterocycles. The Balaban J connectivity index is 2.74. The van der Waals surface area contributed by atoms with E-state index in [-0.39, 0.29) is 26.9 Å². The highest BCUT2D eigenvalue weighted by Crippen LogP contribution is 2.34. The van der Waals surface area contributed by atoms with E-state index in [4.69, 9.17) is 27.9 Å². The first kappa shape index (κ1) is 17.1. The smallest absolute Gasteiger partial charge is 0.273 e. The summed E-state index contributed by atoms with van der Waals surface area (Å²) >= 11 is 11.7. The minimum atomic E-state index is -3.95. The zero-order valence-corrected chi connectivity index (χ0v) is 14.9. The molecule has 0 fully saturated rings. The Morgan fingerprint density at radius 2 is 1.91 bits per heavy atom. The van der Waals surface area contributed by atoms with Crippen molar-refractivity contribution in [1.29, 1.82) is 0 Å². The molecule has 5 nitrogen and oxygen atoms in total. The summed E-state index contributed by atoms with van der Waals surface area (Å²) < 4.78 is 31.7. The number of nitrogens with zero attached hydrogens (tertiary/aromatic N) is 2. The molecule has 0 aliphatic carbocycles. The van der Waals surface area contributed by atoms with Crippen LogP contribution in [0.4, 0.5) is 0 Å². The molecule has 0 saturated carbocycles. The molecule has 1 aromatic heterocycles. The fraction of sp³-hybridized carbons (Fsp3) is 0.357. The van der Waals surface area contributed by atoms with E-state index < -0.39 is 10.0 Å². The van der Waals surface area contributed by atoms with Gasteiger partial charge in [0.2, 0.25) is 0 Å². The summed E-state index contributed by atoms with van der Waals surface area (Å²) in [6.07, 6.45) is 1.08. The number of imidazole rings is 1. The van der Waals surface area contributed by atoms with Crippen molar-refractivity contribution in [2.75, 3.05) is 7.11 Å². The lowest BCUT2D eigenvalue weighted by Crippen LogP contribution is -2.14. The van der Waals surface area contributed by atoms with Crippen molar-refractivity contribution in [2.24, 2.45) is 0 Å². The van der Waals surface area contributed by atoms with Gasteiger partial charge in [-0.25, -0.2) is 17.4 Å².